The van der Waals surface area contributed by atoms with Gasteiger partial charge in [0.2, 0.25) is 21.9 Å². The maximum Gasteiger partial charge on any atom is 0.344 e. The van der Waals surface area contributed by atoms with E-state index in [0.717, 1.165) is 10.9 Å². The average Bonchev–Trinajstić information content (AvgIpc) is 3.30. The van der Waals surface area contributed by atoms with E-state index in [1.165, 1.54) is 0 Å². The summed E-state index contributed by atoms with van der Waals surface area (Å²) in [5, 5.41) is 23.0. The Morgan fingerprint density at radius 2 is 2.09 bits per heavy atom. The topological polar surface area (TPSA) is 261 Å². The standard InChI is InChI=1S/C15H23ClN7O10PS/c16-3-8(24)18-1-2-20-35(30,31)6-34(28,29)32-4-7-10(25)11(26)14(33-7)23-5-19-9-12(23)21-15(17)22-13(9)27/h5,7,10-11,14,20,25-26H,1-4,6H2,(H,18,24)(H,28,29)(H3,17,21,22,27)/t7-,10-,11-,14-/m1/s1. The predicted octanol–water partition coefficient (Wildman–Crippen LogP) is -3.25. The van der Waals surface area contributed by atoms with Gasteiger partial charge in [0, 0.05) is 13.1 Å². The van der Waals surface area contributed by atoms with Crippen molar-refractivity contribution >= 4 is 52.2 Å². The van der Waals surface area contributed by atoms with Crippen LogP contribution in [0.4, 0.5) is 5.95 Å². The number of imidazole rings is 1. The lowest BCUT2D eigenvalue weighted by atomic mass is 10.1. The molecule has 1 aliphatic heterocycles. The van der Waals surface area contributed by atoms with Crippen molar-refractivity contribution in [2.45, 2.75) is 24.5 Å². The van der Waals surface area contributed by atoms with E-state index in [2.05, 4.69) is 20.3 Å². The van der Waals surface area contributed by atoms with Gasteiger partial charge in [0.05, 0.1) is 12.9 Å². The Balaban J connectivity index is 1.60. The quantitative estimate of drug-likeness (QED) is 0.0811. The van der Waals surface area contributed by atoms with Gasteiger partial charge >= 0.3 is 7.60 Å². The number of H-pyrrole nitrogens is 1. The summed E-state index contributed by atoms with van der Waals surface area (Å²) >= 11 is 5.28. The molecular weight excluding hydrogens is 537 g/mol. The zero-order chi connectivity index (χ0) is 26.0. The van der Waals surface area contributed by atoms with E-state index in [9.17, 15) is 37.7 Å². The number of carbonyl (C=O) groups is 1. The summed E-state index contributed by atoms with van der Waals surface area (Å²) < 4.78 is 49.8. The number of anilines is 1. The minimum atomic E-state index is -4.74. The molecule has 2 aromatic rings. The van der Waals surface area contributed by atoms with E-state index in [0.29, 0.717) is 0 Å². The largest absolute Gasteiger partial charge is 0.387 e. The van der Waals surface area contributed by atoms with E-state index in [4.69, 9.17) is 26.6 Å². The van der Waals surface area contributed by atoms with Crippen LogP contribution in [0.5, 0.6) is 0 Å². The van der Waals surface area contributed by atoms with Crippen LogP contribution in [0.25, 0.3) is 11.2 Å². The van der Waals surface area contributed by atoms with Crippen molar-refractivity contribution < 1.29 is 42.1 Å². The molecule has 20 heteroatoms. The molecule has 35 heavy (non-hydrogen) atoms. The number of hydrogen-bond acceptors (Lipinski definition) is 12. The molecule has 3 heterocycles. The summed E-state index contributed by atoms with van der Waals surface area (Å²) in [6.45, 7) is -1.12. The van der Waals surface area contributed by atoms with Gasteiger partial charge in [-0.1, -0.05) is 0 Å². The fourth-order valence-electron chi connectivity index (χ4n) is 3.17. The summed E-state index contributed by atoms with van der Waals surface area (Å²) in [5.41, 5.74) is 3.42. The fraction of sp³-hybridized carbons (Fsp3) is 0.600. The average molecular weight is 560 g/mol. The molecule has 0 spiro atoms. The molecule has 0 saturated carbocycles. The first-order valence-electron chi connectivity index (χ1n) is 9.84. The van der Waals surface area contributed by atoms with Crippen molar-refractivity contribution in [3.63, 3.8) is 0 Å². The third kappa shape index (κ3) is 6.75. The molecule has 0 aliphatic carbocycles. The number of sulfonamides is 1. The molecule has 1 aliphatic rings. The number of carbonyl (C=O) groups excluding carboxylic acids is 1. The maximum atomic E-state index is 12.3. The Morgan fingerprint density at radius 1 is 1.37 bits per heavy atom. The highest BCUT2D eigenvalue weighted by Gasteiger charge is 2.45. The Kier molecular flexibility index (Phi) is 8.51. The Morgan fingerprint density at radius 3 is 2.77 bits per heavy atom. The zero-order valence-corrected chi connectivity index (χ0v) is 20.2. The van der Waals surface area contributed by atoms with Gasteiger partial charge in [0.25, 0.3) is 5.56 Å². The number of alkyl halides is 1. The number of hydrogen-bond donors (Lipinski definition) is 7. The number of nitrogens with zero attached hydrogens (tertiary/aromatic N) is 3. The second-order valence-corrected chi connectivity index (χ2v) is 11.7. The zero-order valence-electron chi connectivity index (χ0n) is 17.8. The van der Waals surface area contributed by atoms with Crippen molar-refractivity contribution in [2.24, 2.45) is 0 Å². The number of amides is 1. The summed E-state index contributed by atoms with van der Waals surface area (Å²) in [4.78, 5) is 42.9. The van der Waals surface area contributed by atoms with Gasteiger partial charge < -0.3 is 35.4 Å². The lowest BCUT2D eigenvalue weighted by molar-refractivity contribution is -0.118. The van der Waals surface area contributed by atoms with Crippen LogP contribution in [0.1, 0.15) is 6.23 Å². The molecule has 1 unspecified atom stereocenters. The number of nitrogens with one attached hydrogen (secondary N) is 3. The van der Waals surface area contributed by atoms with Crippen molar-refractivity contribution in [3.8, 4) is 0 Å². The van der Waals surface area contributed by atoms with E-state index in [1.807, 2.05) is 4.72 Å². The molecule has 0 aromatic carbocycles. The minimum Gasteiger partial charge on any atom is -0.387 e. The number of halogens is 1. The van der Waals surface area contributed by atoms with Crippen LogP contribution in [0, 0.1) is 0 Å². The number of ether oxygens (including phenoxy) is 1. The molecule has 0 bridgehead atoms. The number of nitrogens with two attached hydrogens (primary N) is 1. The van der Waals surface area contributed by atoms with E-state index < -0.39 is 65.7 Å². The Bertz CT molecular complexity index is 1290. The van der Waals surface area contributed by atoms with Crippen molar-refractivity contribution in [2.75, 3.05) is 36.8 Å². The van der Waals surface area contributed by atoms with Gasteiger partial charge in [-0.05, 0) is 0 Å². The molecule has 8 N–H and O–H groups in total. The maximum absolute atomic E-state index is 12.3. The first-order chi connectivity index (χ1) is 16.3. The first-order valence-corrected chi connectivity index (χ1v) is 13.8. The molecule has 196 valence electrons. The molecular formula is C15H23ClN7O10PS. The van der Waals surface area contributed by atoms with Gasteiger partial charge in [-0.15, -0.1) is 11.6 Å². The minimum absolute atomic E-state index is 0.0451. The van der Waals surface area contributed by atoms with Gasteiger partial charge in [-0.25, -0.2) is 18.1 Å². The fourth-order valence-corrected chi connectivity index (χ4v) is 6.44. The van der Waals surface area contributed by atoms with Crippen LogP contribution in [0.3, 0.4) is 0 Å². The first kappa shape index (κ1) is 27.4. The number of rotatable bonds is 11. The molecule has 1 amide bonds. The second kappa shape index (κ2) is 10.9. The number of aromatic nitrogens is 4. The third-order valence-corrected chi connectivity index (χ3v) is 8.83. The Labute approximate surface area is 202 Å². The number of nitrogen functional groups attached to an aromatic ring is 1. The number of aliphatic hydroxyl groups excluding tert-OH is 2. The summed E-state index contributed by atoms with van der Waals surface area (Å²) in [6, 6.07) is 0. The van der Waals surface area contributed by atoms with Gasteiger partial charge in [0.1, 0.15) is 24.2 Å². The number of fused-ring (bicyclic) bond motifs is 1. The van der Waals surface area contributed by atoms with E-state index in [-0.39, 0.29) is 36.1 Å². The normalized spacial score (nSPS) is 24.5. The monoisotopic (exact) mass is 559 g/mol. The molecule has 2 aromatic heterocycles. The van der Waals surface area contributed by atoms with Crippen LogP contribution >= 0.6 is 19.2 Å². The molecule has 1 saturated heterocycles. The van der Waals surface area contributed by atoms with Gasteiger partial charge in [-0.2, -0.15) is 4.98 Å². The van der Waals surface area contributed by atoms with Gasteiger partial charge in [-0.3, -0.25) is 23.7 Å². The molecule has 1 fully saturated rings. The number of aromatic amines is 1. The predicted molar refractivity (Wildman–Crippen MR) is 120 cm³/mol. The van der Waals surface area contributed by atoms with Crippen LogP contribution in [0.15, 0.2) is 11.1 Å². The summed E-state index contributed by atoms with van der Waals surface area (Å²) in [6.07, 6.45) is -4.74. The highest BCUT2D eigenvalue weighted by Crippen LogP contribution is 2.44. The third-order valence-electron chi connectivity index (χ3n) is 4.73. The molecule has 3 rings (SSSR count). The highest BCUT2D eigenvalue weighted by molar-refractivity contribution is 7.95. The smallest absolute Gasteiger partial charge is 0.344 e. The van der Waals surface area contributed by atoms with Crippen LogP contribution in [-0.4, -0.2) is 98.3 Å². The summed E-state index contributed by atoms with van der Waals surface area (Å²) in [5.74, 6) is -1.06. The van der Waals surface area contributed by atoms with E-state index in [1.54, 1.807) is 0 Å². The van der Waals surface area contributed by atoms with Crippen LogP contribution in [0.2, 0.25) is 0 Å². The Hall–Kier alpha value is -2.15. The SMILES string of the molecule is Nc1nc2c(ncn2[C@@H]2O[C@H](COP(=O)(O)CS(=O)(=O)NCCNC(=O)CCl)[C@@H](O)[C@H]2O)c(=O)[nH]1. The van der Waals surface area contributed by atoms with Crippen molar-refractivity contribution in [3.05, 3.63) is 16.7 Å². The highest BCUT2D eigenvalue weighted by atomic mass is 35.5. The molecule has 17 nitrogen and oxygen atoms in total. The van der Waals surface area contributed by atoms with Crippen LogP contribution in [-0.2, 0) is 28.6 Å². The van der Waals surface area contributed by atoms with Crippen LogP contribution < -0.4 is 21.3 Å². The number of aliphatic hydroxyl groups is 2. The second-order valence-electron chi connectivity index (χ2n) is 7.38. The van der Waals surface area contributed by atoms with Gasteiger partial charge in [0.15, 0.2) is 22.9 Å². The van der Waals surface area contributed by atoms with Crippen molar-refractivity contribution in [1.82, 2.24) is 29.6 Å². The van der Waals surface area contributed by atoms with Crippen molar-refractivity contribution in [1.29, 1.82) is 0 Å². The molecule has 5 atom stereocenters. The molecule has 0 radical (unpaired) electrons. The summed E-state index contributed by atoms with van der Waals surface area (Å²) in [7, 11) is -9.03. The lowest BCUT2D eigenvalue weighted by Crippen LogP contribution is -2.36. The van der Waals surface area contributed by atoms with E-state index >= 15 is 0 Å². The lowest BCUT2D eigenvalue weighted by Gasteiger charge is -2.18.